The van der Waals surface area contributed by atoms with Crippen LogP contribution in [0.4, 0.5) is 0 Å². The number of hydrogen-bond donors (Lipinski definition) is 1. The first-order chi connectivity index (χ1) is 13.0. The number of rotatable bonds is 3. The molecule has 148 valence electrons. The summed E-state index contributed by atoms with van der Waals surface area (Å²) in [7, 11) is 0. The standard InChI is InChI=1S/C20H30N4O3/c1-13(2)24-10-7-15-16(12-24)21-18(22-19(15)25)14-5-8-23(9-6-14)20(26)17-4-3-11-27-17/h13-14,17H,3-12H2,1-2H3,(H,21,22,25)/t17-/m1/s1. The molecule has 7 nitrogen and oxygen atoms in total. The zero-order valence-electron chi connectivity index (χ0n) is 16.4. The Morgan fingerprint density at radius 1 is 1.22 bits per heavy atom. The van der Waals surface area contributed by atoms with Crippen LogP contribution < -0.4 is 5.56 Å². The van der Waals surface area contributed by atoms with Crippen LogP contribution in [-0.2, 0) is 22.5 Å². The van der Waals surface area contributed by atoms with Gasteiger partial charge in [0.25, 0.3) is 11.5 Å². The van der Waals surface area contributed by atoms with E-state index in [1.54, 1.807) is 0 Å². The van der Waals surface area contributed by atoms with Crippen molar-refractivity contribution in [3.8, 4) is 0 Å². The number of ether oxygens (including phenoxy) is 1. The van der Waals surface area contributed by atoms with E-state index in [2.05, 4.69) is 23.7 Å². The monoisotopic (exact) mass is 374 g/mol. The summed E-state index contributed by atoms with van der Waals surface area (Å²) in [6, 6.07) is 0.453. The fourth-order valence-corrected chi connectivity index (χ4v) is 4.46. The second-order valence-corrected chi connectivity index (χ2v) is 8.29. The van der Waals surface area contributed by atoms with E-state index in [1.165, 1.54) is 0 Å². The summed E-state index contributed by atoms with van der Waals surface area (Å²) >= 11 is 0. The lowest BCUT2D eigenvalue weighted by atomic mass is 9.94. The zero-order valence-corrected chi connectivity index (χ0v) is 16.4. The van der Waals surface area contributed by atoms with Crippen LogP contribution in [0.2, 0.25) is 0 Å². The largest absolute Gasteiger partial charge is 0.368 e. The molecule has 1 amide bonds. The number of carbonyl (C=O) groups is 1. The smallest absolute Gasteiger partial charge is 0.254 e. The predicted octanol–water partition coefficient (Wildman–Crippen LogP) is 1.42. The van der Waals surface area contributed by atoms with Gasteiger partial charge in [0, 0.05) is 50.3 Å². The number of piperidine rings is 1. The topological polar surface area (TPSA) is 78.5 Å². The van der Waals surface area contributed by atoms with E-state index in [9.17, 15) is 9.59 Å². The molecule has 0 spiro atoms. The Morgan fingerprint density at radius 2 is 2.00 bits per heavy atom. The van der Waals surface area contributed by atoms with Crippen molar-refractivity contribution in [2.45, 2.75) is 70.6 Å². The highest BCUT2D eigenvalue weighted by Gasteiger charge is 2.32. The normalized spacial score (nSPS) is 24.4. The van der Waals surface area contributed by atoms with Gasteiger partial charge >= 0.3 is 0 Å². The van der Waals surface area contributed by atoms with Gasteiger partial charge in [0.05, 0.1) is 5.69 Å². The minimum Gasteiger partial charge on any atom is -0.368 e. The number of fused-ring (bicyclic) bond motifs is 1. The maximum absolute atomic E-state index is 12.6. The molecule has 2 saturated heterocycles. The molecule has 2 fully saturated rings. The van der Waals surface area contributed by atoms with Gasteiger partial charge in [-0.25, -0.2) is 4.98 Å². The van der Waals surface area contributed by atoms with Crippen molar-refractivity contribution in [1.82, 2.24) is 19.8 Å². The number of aromatic nitrogens is 2. The number of nitrogens with one attached hydrogen (secondary N) is 1. The van der Waals surface area contributed by atoms with E-state index in [1.807, 2.05) is 4.90 Å². The molecule has 7 heteroatoms. The molecule has 0 unspecified atom stereocenters. The third-order valence-electron chi connectivity index (χ3n) is 6.25. The Balaban J connectivity index is 1.44. The van der Waals surface area contributed by atoms with Crippen LogP contribution in [0.15, 0.2) is 4.79 Å². The molecule has 1 N–H and O–H groups in total. The van der Waals surface area contributed by atoms with Gasteiger partial charge in [0.2, 0.25) is 0 Å². The quantitative estimate of drug-likeness (QED) is 0.866. The van der Waals surface area contributed by atoms with Crippen LogP contribution in [0.1, 0.15) is 62.5 Å². The first-order valence-electron chi connectivity index (χ1n) is 10.3. The fourth-order valence-electron chi connectivity index (χ4n) is 4.46. The molecule has 4 rings (SSSR count). The van der Waals surface area contributed by atoms with Crippen LogP contribution in [0, 0.1) is 0 Å². The molecule has 1 aromatic heterocycles. The first kappa shape index (κ1) is 18.6. The minimum absolute atomic E-state index is 0.0243. The van der Waals surface area contributed by atoms with Gasteiger partial charge in [-0.1, -0.05) is 0 Å². The van der Waals surface area contributed by atoms with Gasteiger partial charge in [0.1, 0.15) is 11.9 Å². The Hall–Kier alpha value is -1.73. The molecular weight excluding hydrogens is 344 g/mol. The molecule has 1 aromatic rings. The van der Waals surface area contributed by atoms with Crippen molar-refractivity contribution in [2.24, 2.45) is 0 Å². The van der Waals surface area contributed by atoms with Crippen LogP contribution in [-0.4, -0.2) is 64.1 Å². The van der Waals surface area contributed by atoms with E-state index in [4.69, 9.17) is 9.72 Å². The lowest BCUT2D eigenvalue weighted by Gasteiger charge is -2.34. The fraction of sp³-hybridized carbons (Fsp3) is 0.750. The second-order valence-electron chi connectivity index (χ2n) is 8.29. The molecule has 3 aliphatic rings. The Kier molecular flexibility index (Phi) is 5.32. The molecule has 0 bridgehead atoms. The lowest BCUT2D eigenvalue weighted by molar-refractivity contribution is -0.142. The maximum Gasteiger partial charge on any atom is 0.254 e. The van der Waals surface area contributed by atoms with Crippen molar-refractivity contribution in [1.29, 1.82) is 0 Å². The van der Waals surface area contributed by atoms with E-state index in [0.29, 0.717) is 25.7 Å². The Bertz CT molecular complexity index is 746. The summed E-state index contributed by atoms with van der Waals surface area (Å²) < 4.78 is 5.53. The number of amides is 1. The summed E-state index contributed by atoms with van der Waals surface area (Å²) in [5, 5.41) is 0. The number of likely N-dealkylation sites (tertiary alicyclic amines) is 1. The van der Waals surface area contributed by atoms with E-state index >= 15 is 0 Å². The highest BCUT2D eigenvalue weighted by Crippen LogP contribution is 2.28. The van der Waals surface area contributed by atoms with Crippen molar-refractivity contribution in [2.75, 3.05) is 26.2 Å². The Labute approximate surface area is 160 Å². The number of hydrogen-bond acceptors (Lipinski definition) is 5. The third kappa shape index (κ3) is 3.80. The Morgan fingerprint density at radius 3 is 2.67 bits per heavy atom. The third-order valence-corrected chi connectivity index (χ3v) is 6.25. The highest BCUT2D eigenvalue weighted by molar-refractivity contribution is 5.81. The molecule has 27 heavy (non-hydrogen) atoms. The lowest BCUT2D eigenvalue weighted by Crippen LogP contribution is -2.44. The van der Waals surface area contributed by atoms with Gasteiger partial charge < -0.3 is 14.6 Å². The molecule has 0 radical (unpaired) electrons. The molecule has 0 saturated carbocycles. The van der Waals surface area contributed by atoms with Crippen LogP contribution in [0.3, 0.4) is 0 Å². The van der Waals surface area contributed by atoms with Crippen LogP contribution in [0.5, 0.6) is 0 Å². The maximum atomic E-state index is 12.6. The summed E-state index contributed by atoms with van der Waals surface area (Å²) in [5.74, 6) is 1.14. The summed E-state index contributed by atoms with van der Waals surface area (Å²) in [6.45, 7) is 8.14. The van der Waals surface area contributed by atoms with Gasteiger partial charge in [-0.05, 0) is 46.0 Å². The second kappa shape index (κ2) is 7.72. The van der Waals surface area contributed by atoms with Crippen molar-refractivity contribution < 1.29 is 9.53 Å². The first-order valence-corrected chi connectivity index (χ1v) is 10.3. The molecule has 0 aliphatic carbocycles. The SMILES string of the molecule is CC(C)N1CCc2c(nc(C3CCN(C(=O)[C@H]4CCCO4)CC3)[nH]c2=O)C1. The number of carbonyl (C=O) groups excluding carboxylic acids is 1. The molecular formula is C20H30N4O3. The molecule has 0 aromatic carbocycles. The van der Waals surface area contributed by atoms with Gasteiger partial charge in [0.15, 0.2) is 0 Å². The molecule has 1 atom stereocenters. The zero-order chi connectivity index (χ0) is 19.0. The molecule has 4 heterocycles. The number of nitrogens with zero attached hydrogens (tertiary/aromatic N) is 3. The number of H-pyrrole nitrogens is 1. The predicted molar refractivity (Wildman–Crippen MR) is 102 cm³/mol. The van der Waals surface area contributed by atoms with Gasteiger partial charge in [-0.3, -0.25) is 14.5 Å². The van der Waals surface area contributed by atoms with Crippen molar-refractivity contribution >= 4 is 5.91 Å². The van der Waals surface area contributed by atoms with Crippen molar-refractivity contribution in [3.05, 3.63) is 27.4 Å². The summed E-state index contributed by atoms with van der Waals surface area (Å²) in [4.78, 5) is 37.2. The van der Waals surface area contributed by atoms with Crippen LogP contribution in [0.25, 0.3) is 0 Å². The van der Waals surface area contributed by atoms with E-state index in [0.717, 1.165) is 62.3 Å². The van der Waals surface area contributed by atoms with Crippen molar-refractivity contribution in [3.63, 3.8) is 0 Å². The van der Waals surface area contributed by atoms with E-state index < -0.39 is 0 Å². The summed E-state index contributed by atoms with van der Waals surface area (Å²) in [6.07, 6.45) is 4.02. The average Bonchev–Trinajstić information content (AvgIpc) is 3.22. The van der Waals surface area contributed by atoms with Gasteiger partial charge in [-0.2, -0.15) is 0 Å². The average molecular weight is 374 g/mol. The highest BCUT2D eigenvalue weighted by atomic mass is 16.5. The van der Waals surface area contributed by atoms with Crippen LogP contribution >= 0.6 is 0 Å². The minimum atomic E-state index is -0.245. The molecule has 3 aliphatic heterocycles. The number of aromatic amines is 1. The van der Waals surface area contributed by atoms with Gasteiger partial charge in [-0.15, -0.1) is 0 Å². The summed E-state index contributed by atoms with van der Waals surface area (Å²) in [5.41, 5.74) is 1.81. The van der Waals surface area contributed by atoms with E-state index in [-0.39, 0.29) is 23.5 Å².